The first kappa shape index (κ1) is 11.7. The van der Waals surface area contributed by atoms with Gasteiger partial charge in [-0.25, -0.2) is 0 Å². The second kappa shape index (κ2) is 5.06. The van der Waals surface area contributed by atoms with Gasteiger partial charge in [0.15, 0.2) is 0 Å². The summed E-state index contributed by atoms with van der Waals surface area (Å²) in [5.41, 5.74) is 7.46. The van der Waals surface area contributed by atoms with Crippen molar-refractivity contribution in [3.8, 4) is 0 Å². The van der Waals surface area contributed by atoms with E-state index in [4.69, 9.17) is 10.5 Å². The van der Waals surface area contributed by atoms with Crippen molar-refractivity contribution in [3.05, 3.63) is 21.9 Å². The Hall–Kier alpha value is -0.420. The molecule has 2 aliphatic heterocycles. The smallest absolute Gasteiger partial charge is 0.0743 e. The molecule has 4 heteroatoms. The van der Waals surface area contributed by atoms with Crippen molar-refractivity contribution in [1.82, 2.24) is 4.90 Å². The lowest BCUT2D eigenvalue weighted by atomic mass is 10.0. The Labute approximate surface area is 107 Å². The van der Waals surface area contributed by atoms with E-state index in [1.807, 2.05) is 11.3 Å². The van der Waals surface area contributed by atoms with Crippen LogP contribution in [0.15, 0.2) is 11.4 Å². The number of ether oxygens (including phenoxy) is 1. The minimum absolute atomic E-state index is 0.361. The molecular weight excluding hydrogens is 232 g/mol. The number of hydrogen-bond donors (Lipinski definition) is 1. The summed E-state index contributed by atoms with van der Waals surface area (Å²) in [7, 11) is 0. The molecule has 3 nitrogen and oxygen atoms in total. The molecule has 0 radical (unpaired) electrons. The summed E-state index contributed by atoms with van der Waals surface area (Å²) >= 11 is 1.89. The van der Waals surface area contributed by atoms with Crippen molar-refractivity contribution < 1.29 is 4.74 Å². The molecule has 0 bridgehead atoms. The normalized spacial score (nSPS) is 27.0. The van der Waals surface area contributed by atoms with E-state index in [0.717, 1.165) is 19.7 Å². The quantitative estimate of drug-likeness (QED) is 0.888. The molecule has 3 rings (SSSR count). The van der Waals surface area contributed by atoms with Crippen molar-refractivity contribution in [2.24, 2.45) is 5.73 Å². The minimum Gasteiger partial charge on any atom is -0.377 e. The summed E-state index contributed by atoms with van der Waals surface area (Å²) < 4.78 is 5.81. The summed E-state index contributed by atoms with van der Waals surface area (Å²) in [6.07, 6.45) is 3.91. The molecule has 94 valence electrons. The van der Waals surface area contributed by atoms with E-state index in [0.29, 0.717) is 18.7 Å². The van der Waals surface area contributed by atoms with Gasteiger partial charge in [0.25, 0.3) is 0 Å². The molecule has 0 saturated carbocycles. The number of nitrogens with zero attached hydrogens (tertiary/aromatic N) is 1. The maximum atomic E-state index is 5.96. The van der Waals surface area contributed by atoms with Crippen LogP contribution in [0.5, 0.6) is 0 Å². The lowest BCUT2D eigenvalue weighted by Gasteiger charge is -2.36. The van der Waals surface area contributed by atoms with Crippen LogP contribution in [-0.2, 0) is 17.7 Å². The minimum atomic E-state index is 0.361. The van der Waals surface area contributed by atoms with Gasteiger partial charge in [0, 0.05) is 37.2 Å². The molecular formula is C13H20N2OS. The molecule has 0 aliphatic carbocycles. The number of hydrogen-bond acceptors (Lipinski definition) is 4. The molecule has 2 aliphatic rings. The molecule has 2 unspecified atom stereocenters. The van der Waals surface area contributed by atoms with Gasteiger partial charge in [-0.3, -0.25) is 4.90 Å². The molecule has 2 atom stereocenters. The zero-order valence-corrected chi connectivity index (χ0v) is 10.9. The molecule has 2 N–H and O–H groups in total. The second-order valence-corrected chi connectivity index (χ2v) is 5.94. The Morgan fingerprint density at radius 1 is 1.59 bits per heavy atom. The highest BCUT2D eigenvalue weighted by atomic mass is 32.1. The topological polar surface area (TPSA) is 38.5 Å². The molecule has 1 aromatic heterocycles. The molecule has 0 spiro atoms. The molecule has 0 amide bonds. The molecule has 1 saturated heterocycles. The largest absolute Gasteiger partial charge is 0.377 e. The zero-order valence-electron chi connectivity index (χ0n) is 10.1. The van der Waals surface area contributed by atoms with Gasteiger partial charge in [-0.15, -0.1) is 11.3 Å². The Morgan fingerprint density at radius 3 is 3.29 bits per heavy atom. The van der Waals surface area contributed by atoms with Crippen LogP contribution in [0.4, 0.5) is 0 Å². The second-order valence-electron chi connectivity index (χ2n) is 4.94. The third-order valence-electron chi connectivity index (χ3n) is 3.94. The van der Waals surface area contributed by atoms with Crippen LogP contribution in [0.2, 0.25) is 0 Å². The Balaban J connectivity index is 1.71. The monoisotopic (exact) mass is 252 g/mol. The lowest BCUT2D eigenvalue weighted by Crippen LogP contribution is -2.49. The predicted octanol–water partition coefficient (Wildman–Crippen LogP) is 1.61. The fraction of sp³-hybridized carbons (Fsp3) is 0.692. The van der Waals surface area contributed by atoms with Gasteiger partial charge in [0.2, 0.25) is 0 Å². The Bertz CT molecular complexity index is 373. The highest BCUT2D eigenvalue weighted by molar-refractivity contribution is 7.10. The van der Waals surface area contributed by atoms with E-state index in [9.17, 15) is 0 Å². The van der Waals surface area contributed by atoms with Crippen LogP contribution >= 0.6 is 11.3 Å². The van der Waals surface area contributed by atoms with Crippen LogP contribution in [0.3, 0.4) is 0 Å². The van der Waals surface area contributed by atoms with Gasteiger partial charge in [0.1, 0.15) is 0 Å². The highest BCUT2D eigenvalue weighted by Gasteiger charge is 2.31. The summed E-state index contributed by atoms with van der Waals surface area (Å²) in [5, 5.41) is 2.21. The average Bonchev–Trinajstić information content (AvgIpc) is 2.99. The third-order valence-corrected chi connectivity index (χ3v) is 4.96. The summed E-state index contributed by atoms with van der Waals surface area (Å²) in [5.74, 6) is 0. The van der Waals surface area contributed by atoms with Crippen molar-refractivity contribution in [2.75, 3.05) is 19.7 Å². The van der Waals surface area contributed by atoms with Crippen molar-refractivity contribution in [2.45, 2.75) is 38.0 Å². The van der Waals surface area contributed by atoms with Crippen LogP contribution in [0.1, 0.15) is 23.3 Å². The molecule has 0 aromatic carbocycles. The van der Waals surface area contributed by atoms with E-state index in [-0.39, 0.29) is 0 Å². The highest BCUT2D eigenvalue weighted by Crippen LogP contribution is 2.28. The predicted molar refractivity (Wildman–Crippen MR) is 70.2 cm³/mol. The Morgan fingerprint density at radius 2 is 2.53 bits per heavy atom. The SMILES string of the molecule is NCC(C1CCCO1)N1CCc2sccc2C1. The summed E-state index contributed by atoms with van der Waals surface area (Å²) in [6, 6.07) is 2.67. The van der Waals surface area contributed by atoms with Crippen molar-refractivity contribution in [3.63, 3.8) is 0 Å². The van der Waals surface area contributed by atoms with Gasteiger partial charge < -0.3 is 10.5 Å². The van der Waals surface area contributed by atoms with Gasteiger partial charge >= 0.3 is 0 Å². The Kier molecular flexibility index (Phi) is 3.47. The van der Waals surface area contributed by atoms with E-state index in [2.05, 4.69) is 16.3 Å². The molecule has 1 fully saturated rings. The fourth-order valence-electron chi connectivity index (χ4n) is 3.00. The van der Waals surface area contributed by atoms with E-state index in [1.54, 1.807) is 4.88 Å². The van der Waals surface area contributed by atoms with Crippen molar-refractivity contribution >= 4 is 11.3 Å². The molecule has 1 aromatic rings. The van der Waals surface area contributed by atoms with Crippen LogP contribution < -0.4 is 5.73 Å². The fourth-order valence-corrected chi connectivity index (χ4v) is 3.89. The van der Waals surface area contributed by atoms with Crippen LogP contribution in [-0.4, -0.2) is 36.7 Å². The maximum absolute atomic E-state index is 5.96. The maximum Gasteiger partial charge on any atom is 0.0743 e. The van der Waals surface area contributed by atoms with Gasteiger partial charge in [0.05, 0.1) is 6.10 Å². The first-order chi connectivity index (χ1) is 8.38. The molecule has 3 heterocycles. The standard InChI is InChI=1S/C13H20N2OS/c14-8-11(12-2-1-6-16-12)15-5-3-13-10(9-15)4-7-17-13/h4,7,11-12H,1-3,5-6,8-9,14H2. The first-order valence-electron chi connectivity index (χ1n) is 6.49. The molecule has 17 heavy (non-hydrogen) atoms. The van der Waals surface area contributed by atoms with Gasteiger partial charge in [-0.05, 0) is 36.3 Å². The number of fused-ring (bicyclic) bond motifs is 1. The van der Waals surface area contributed by atoms with Crippen LogP contribution in [0, 0.1) is 0 Å². The van der Waals surface area contributed by atoms with Crippen molar-refractivity contribution in [1.29, 1.82) is 0 Å². The number of thiophene rings is 1. The number of rotatable bonds is 3. The summed E-state index contributed by atoms with van der Waals surface area (Å²) in [4.78, 5) is 4.08. The number of nitrogens with two attached hydrogens (primary N) is 1. The van der Waals surface area contributed by atoms with Gasteiger partial charge in [-0.1, -0.05) is 0 Å². The van der Waals surface area contributed by atoms with E-state index < -0.39 is 0 Å². The van der Waals surface area contributed by atoms with E-state index in [1.165, 1.54) is 24.8 Å². The van der Waals surface area contributed by atoms with Gasteiger partial charge in [-0.2, -0.15) is 0 Å². The van der Waals surface area contributed by atoms with Crippen LogP contribution in [0.25, 0.3) is 0 Å². The average molecular weight is 252 g/mol. The lowest BCUT2D eigenvalue weighted by molar-refractivity contribution is 0.0218. The zero-order chi connectivity index (χ0) is 11.7. The first-order valence-corrected chi connectivity index (χ1v) is 7.37. The van der Waals surface area contributed by atoms with E-state index >= 15 is 0 Å². The summed E-state index contributed by atoms with van der Waals surface area (Å²) in [6.45, 7) is 3.82. The third kappa shape index (κ3) is 2.27.